The van der Waals surface area contributed by atoms with Crippen LogP contribution in [0.2, 0.25) is 0 Å². The maximum absolute atomic E-state index is 6.65. The van der Waals surface area contributed by atoms with Gasteiger partial charge in [0.05, 0.1) is 30.6 Å². The molecule has 1 heterocycles. The molecule has 6 nitrogen and oxygen atoms in total. The number of nitrogens with two attached hydrogens (primary N) is 1. The number of hydrogen-bond acceptors (Lipinski definition) is 5. The van der Waals surface area contributed by atoms with Gasteiger partial charge in [0.15, 0.2) is 0 Å². The molecule has 1 aromatic carbocycles. The Labute approximate surface area is 92.3 Å². The predicted octanol–water partition coefficient (Wildman–Crippen LogP) is 1.94. The fourth-order valence-electron chi connectivity index (χ4n) is 1.44. The number of fused-ring (bicyclic) bond motifs is 1. The summed E-state index contributed by atoms with van der Waals surface area (Å²) in [6, 6.07) is 3.65. The van der Waals surface area contributed by atoms with Gasteiger partial charge in [0, 0.05) is 17.9 Å². The first-order valence-electron chi connectivity index (χ1n) is 5.00. The van der Waals surface area contributed by atoms with Crippen LogP contribution in [0, 0.1) is 5.53 Å². The fraction of sp³-hybridized carbons (Fsp3) is 0.300. The van der Waals surface area contributed by atoms with Crippen LogP contribution in [0.15, 0.2) is 23.4 Å². The minimum atomic E-state index is 0.478. The molecule has 84 valence electrons. The molecule has 4 N–H and O–H groups in total. The Hall–Kier alpha value is -2.11. The summed E-state index contributed by atoms with van der Waals surface area (Å²) in [4.78, 5) is 0. The normalized spacial score (nSPS) is 10.5. The highest BCUT2D eigenvalue weighted by atomic mass is 16.5. The Bertz CT molecular complexity index is 493. The van der Waals surface area contributed by atoms with Crippen molar-refractivity contribution in [1.82, 2.24) is 10.2 Å². The molecule has 2 aromatic rings. The number of anilines is 1. The third kappa shape index (κ3) is 2.10. The molecule has 0 atom stereocenters. The van der Waals surface area contributed by atoms with Gasteiger partial charge in [-0.3, -0.25) is 5.10 Å². The summed E-state index contributed by atoms with van der Waals surface area (Å²) in [5.74, 6) is 0.640. The number of hydrogen-bond donors (Lipinski definition) is 3. The van der Waals surface area contributed by atoms with Crippen LogP contribution in [-0.4, -0.2) is 23.3 Å². The second-order valence-electron chi connectivity index (χ2n) is 3.43. The summed E-state index contributed by atoms with van der Waals surface area (Å²) < 4.78 is 5.50. The lowest BCUT2D eigenvalue weighted by atomic mass is 10.2. The zero-order valence-electron chi connectivity index (χ0n) is 8.73. The largest absolute Gasteiger partial charge is 0.491 e. The lowest BCUT2D eigenvalue weighted by molar-refractivity contribution is 0.314. The summed E-state index contributed by atoms with van der Waals surface area (Å²) in [7, 11) is 0. The Morgan fingerprint density at radius 1 is 1.50 bits per heavy atom. The molecule has 0 bridgehead atoms. The molecule has 0 spiro atoms. The van der Waals surface area contributed by atoms with E-state index in [2.05, 4.69) is 15.3 Å². The molecule has 0 aliphatic heterocycles. The zero-order chi connectivity index (χ0) is 11.4. The summed E-state index contributed by atoms with van der Waals surface area (Å²) >= 11 is 0. The molecular weight excluding hydrogens is 206 g/mol. The molecule has 0 aliphatic rings. The van der Waals surface area contributed by atoms with E-state index in [4.69, 9.17) is 16.0 Å². The van der Waals surface area contributed by atoms with E-state index >= 15 is 0 Å². The van der Waals surface area contributed by atoms with Crippen LogP contribution in [-0.2, 0) is 0 Å². The van der Waals surface area contributed by atoms with Gasteiger partial charge in [-0.2, -0.15) is 10.2 Å². The molecule has 1 aromatic heterocycles. The maximum atomic E-state index is 6.65. The van der Waals surface area contributed by atoms with Gasteiger partial charge in [0.2, 0.25) is 0 Å². The number of aromatic nitrogens is 2. The van der Waals surface area contributed by atoms with E-state index in [-0.39, 0.29) is 0 Å². The number of benzene rings is 1. The Morgan fingerprint density at radius 2 is 2.38 bits per heavy atom. The minimum Gasteiger partial charge on any atom is -0.491 e. The lowest BCUT2D eigenvalue weighted by Gasteiger charge is -2.07. The summed E-state index contributed by atoms with van der Waals surface area (Å²) in [5, 5.41) is 11.0. The van der Waals surface area contributed by atoms with Crippen LogP contribution in [0.1, 0.15) is 6.42 Å². The SMILES string of the molecule is N=NCCCOc1cc2[nH]ncc2cc1N. The van der Waals surface area contributed by atoms with Gasteiger partial charge < -0.3 is 10.5 Å². The zero-order valence-corrected chi connectivity index (χ0v) is 8.73. The highest BCUT2D eigenvalue weighted by Gasteiger charge is 2.04. The first-order valence-corrected chi connectivity index (χ1v) is 5.00. The van der Waals surface area contributed by atoms with Crippen molar-refractivity contribution in [2.24, 2.45) is 5.11 Å². The molecule has 0 aliphatic carbocycles. The quantitative estimate of drug-likeness (QED) is 0.407. The standard InChI is InChI=1S/C10H13N5O/c11-8-4-7-6-14-15-9(7)5-10(8)16-3-1-2-13-12/h4-6,12H,1-3,11H2,(H,14,15). The molecule has 0 unspecified atom stereocenters. The van der Waals surface area contributed by atoms with Crippen LogP contribution in [0.25, 0.3) is 10.9 Å². The van der Waals surface area contributed by atoms with E-state index in [0.717, 1.165) is 10.9 Å². The Balaban J connectivity index is 2.10. The summed E-state index contributed by atoms with van der Waals surface area (Å²) in [6.45, 7) is 0.985. The number of H-pyrrole nitrogens is 1. The second kappa shape index (κ2) is 4.61. The van der Waals surface area contributed by atoms with E-state index in [0.29, 0.717) is 31.0 Å². The lowest BCUT2D eigenvalue weighted by Crippen LogP contribution is -2.01. The molecule has 0 saturated carbocycles. The van der Waals surface area contributed by atoms with Crippen molar-refractivity contribution < 1.29 is 4.74 Å². The van der Waals surface area contributed by atoms with Crippen molar-refractivity contribution in [3.8, 4) is 5.75 Å². The summed E-state index contributed by atoms with van der Waals surface area (Å²) in [5.41, 5.74) is 14.0. The molecular formula is C10H13N5O. The number of nitrogen functional groups attached to an aromatic ring is 1. The number of ether oxygens (including phenoxy) is 1. The Morgan fingerprint density at radius 3 is 3.19 bits per heavy atom. The van der Waals surface area contributed by atoms with Crippen molar-refractivity contribution in [3.63, 3.8) is 0 Å². The van der Waals surface area contributed by atoms with Crippen molar-refractivity contribution in [2.45, 2.75) is 6.42 Å². The van der Waals surface area contributed by atoms with Crippen molar-refractivity contribution in [1.29, 1.82) is 5.53 Å². The molecule has 0 fully saturated rings. The van der Waals surface area contributed by atoms with Crippen LogP contribution in [0.5, 0.6) is 5.75 Å². The van der Waals surface area contributed by atoms with Gasteiger partial charge >= 0.3 is 0 Å². The molecule has 0 saturated heterocycles. The topological polar surface area (TPSA) is 100 Å². The average molecular weight is 219 g/mol. The summed E-state index contributed by atoms with van der Waals surface area (Å²) in [6.07, 6.45) is 2.43. The van der Waals surface area contributed by atoms with Gasteiger partial charge in [0.1, 0.15) is 5.75 Å². The van der Waals surface area contributed by atoms with Gasteiger partial charge in [-0.25, -0.2) is 5.53 Å². The third-order valence-electron chi connectivity index (χ3n) is 2.24. The van der Waals surface area contributed by atoms with Crippen LogP contribution in [0.4, 0.5) is 5.69 Å². The van der Waals surface area contributed by atoms with Gasteiger partial charge in [-0.15, -0.1) is 0 Å². The van der Waals surface area contributed by atoms with Gasteiger partial charge in [-0.1, -0.05) is 0 Å². The third-order valence-corrected chi connectivity index (χ3v) is 2.24. The fourth-order valence-corrected chi connectivity index (χ4v) is 1.44. The minimum absolute atomic E-state index is 0.478. The van der Waals surface area contributed by atoms with Crippen LogP contribution < -0.4 is 10.5 Å². The second-order valence-corrected chi connectivity index (χ2v) is 3.43. The van der Waals surface area contributed by atoms with E-state index < -0.39 is 0 Å². The number of aromatic amines is 1. The highest BCUT2D eigenvalue weighted by Crippen LogP contribution is 2.26. The smallest absolute Gasteiger partial charge is 0.144 e. The van der Waals surface area contributed by atoms with Crippen molar-refractivity contribution >= 4 is 16.6 Å². The van der Waals surface area contributed by atoms with E-state index in [1.54, 1.807) is 6.20 Å². The predicted molar refractivity (Wildman–Crippen MR) is 60.6 cm³/mol. The first-order chi connectivity index (χ1) is 7.81. The molecule has 6 heteroatoms. The van der Waals surface area contributed by atoms with Crippen LogP contribution >= 0.6 is 0 Å². The molecule has 2 rings (SSSR count). The molecule has 16 heavy (non-hydrogen) atoms. The Kier molecular flexibility index (Phi) is 3.00. The van der Waals surface area contributed by atoms with Crippen molar-refractivity contribution in [3.05, 3.63) is 18.3 Å². The number of nitrogens with zero attached hydrogens (tertiary/aromatic N) is 2. The highest BCUT2D eigenvalue weighted by molar-refractivity contribution is 5.84. The molecule has 0 radical (unpaired) electrons. The molecule has 0 amide bonds. The van der Waals surface area contributed by atoms with Gasteiger partial charge in [0.25, 0.3) is 0 Å². The first kappa shape index (κ1) is 10.4. The maximum Gasteiger partial charge on any atom is 0.144 e. The average Bonchev–Trinajstić information content (AvgIpc) is 2.71. The van der Waals surface area contributed by atoms with Crippen molar-refractivity contribution in [2.75, 3.05) is 18.9 Å². The van der Waals surface area contributed by atoms with E-state index in [9.17, 15) is 0 Å². The van der Waals surface area contributed by atoms with Gasteiger partial charge in [-0.05, 0) is 6.07 Å². The number of nitrogens with one attached hydrogen (secondary N) is 2. The monoisotopic (exact) mass is 219 g/mol. The van der Waals surface area contributed by atoms with Crippen LogP contribution in [0.3, 0.4) is 0 Å². The van der Waals surface area contributed by atoms with E-state index in [1.165, 1.54) is 0 Å². The van der Waals surface area contributed by atoms with E-state index in [1.807, 2.05) is 12.1 Å². The number of rotatable bonds is 5.